The van der Waals surface area contributed by atoms with Crippen LogP contribution in [0.1, 0.15) is 16.7 Å². The predicted octanol–water partition coefficient (Wildman–Crippen LogP) is 2.71. The summed E-state index contributed by atoms with van der Waals surface area (Å²) in [5.41, 5.74) is 3.28. The van der Waals surface area contributed by atoms with Crippen LogP contribution < -0.4 is 0 Å². The summed E-state index contributed by atoms with van der Waals surface area (Å²) in [5, 5.41) is 18.7. The minimum absolute atomic E-state index is 0.142. The van der Waals surface area contributed by atoms with Crippen LogP contribution in [0.5, 0.6) is 5.75 Å². The molecule has 0 heterocycles. The molecule has 0 fully saturated rings. The van der Waals surface area contributed by atoms with E-state index in [9.17, 15) is 5.11 Å². The van der Waals surface area contributed by atoms with Gasteiger partial charge < -0.3 is 10.2 Å². The van der Waals surface area contributed by atoms with Gasteiger partial charge in [0, 0.05) is 6.61 Å². The molecule has 0 radical (unpaired) electrons. The van der Waals surface area contributed by atoms with Crippen LogP contribution in [0.2, 0.25) is 0 Å². The number of aliphatic hydroxyl groups excluding tert-OH is 1. The van der Waals surface area contributed by atoms with Crippen LogP contribution in [0.3, 0.4) is 0 Å². The zero-order valence-electron chi connectivity index (χ0n) is 10.3. The van der Waals surface area contributed by atoms with E-state index in [1.165, 1.54) is 5.56 Å². The Hall–Kier alpha value is -1.80. The Morgan fingerprint density at radius 1 is 0.778 bits per heavy atom. The molecule has 2 nitrogen and oxygen atoms in total. The molecular formula is C16H18O2. The van der Waals surface area contributed by atoms with Crippen molar-refractivity contribution in [1.29, 1.82) is 0 Å². The molecule has 0 atom stereocenters. The first-order valence-corrected chi connectivity index (χ1v) is 6.25. The van der Waals surface area contributed by atoms with Gasteiger partial charge in [0.05, 0.1) is 0 Å². The second kappa shape index (κ2) is 6.22. The van der Waals surface area contributed by atoms with E-state index in [1.54, 1.807) is 6.07 Å². The SMILES string of the molecule is OCCc1ccc(O)c(CCc2ccccc2)c1. The van der Waals surface area contributed by atoms with Gasteiger partial charge in [-0.15, -0.1) is 0 Å². The van der Waals surface area contributed by atoms with E-state index in [1.807, 2.05) is 30.3 Å². The highest BCUT2D eigenvalue weighted by atomic mass is 16.3. The number of hydrogen-bond acceptors (Lipinski definition) is 2. The van der Waals surface area contributed by atoms with Gasteiger partial charge in [0.15, 0.2) is 0 Å². The van der Waals surface area contributed by atoms with Crippen molar-refractivity contribution >= 4 is 0 Å². The Bertz CT molecular complexity index is 492. The smallest absolute Gasteiger partial charge is 0.118 e. The van der Waals surface area contributed by atoms with Gasteiger partial charge in [0.2, 0.25) is 0 Å². The molecular weight excluding hydrogens is 224 g/mol. The lowest BCUT2D eigenvalue weighted by atomic mass is 10.0. The van der Waals surface area contributed by atoms with E-state index < -0.39 is 0 Å². The minimum Gasteiger partial charge on any atom is -0.508 e. The van der Waals surface area contributed by atoms with Crippen LogP contribution in [-0.2, 0) is 19.3 Å². The number of aliphatic hydroxyl groups is 1. The first kappa shape index (κ1) is 12.7. The van der Waals surface area contributed by atoms with Crippen molar-refractivity contribution in [2.45, 2.75) is 19.3 Å². The van der Waals surface area contributed by atoms with Gasteiger partial charge in [-0.25, -0.2) is 0 Å². The summed E-state index contributed by atoms with van der Waals surface area (Å²) in [6.07, 6.45) is 2.37. The van der Waals surface area contributed by atoms with Crippen molar-refractivity contribution in [3.63, 3.8) is 0 Å². The molecule has 0 spiro atoms. The summed E-state index contributed by atoms with van der Waals surface area (Å²) >= 11 is 0. The van der Waals surface area contributed by atoms with Gasteiger partial charge in [-0.05, 0) is 42.0 Å². The van der Waals surface area contributed by atoms with Crippen molar-refractivity contribution in [2.24, 2.45) is 0 Å². The normalized spacial score (nSPS) is 10.5. The van der Waals surface area contributed by atoms with Crippen molar-refractivity contribution in [1.82, 2.24) is 0 Å². The predicted molar refractivity (Wildman–Crippen MR) is 72.7 cm³/mol. The third-order valence-corrected chi connectivity index (χ3v) is 3.07. The van der Waals surface area contributed by atoms with Gasteiger partial charge in [-0.1, -0.05) is 42.5 Å². The molecule has 0 bridgehead atoms. The maximum absolute atomic E-state index is 9.82. The molecule has 0 saturated carbocycles. The molecule has 0 amide bonds. The number of rotatable bonds is 5. The molecule has 94 valence electrons. The highest BCUT2D eigenvalue weighted by Gasteiger charge is 2.03. The van der Waals surface area contributed by atoms with Crippen molar-refractivity contribution in [3.8, 4) is 5.75 Å². The third-order valence-electron chi connectivity index (χ3n) is 3.07. The van der Waals surface area contributed by atoms with Crippen LogP contribution in [0.25, 0.3) is 0 Å². The van der Waals surface area contributed by atoms with Crippen molar-refractivity contribution < 1.29 is 10.2 Å². The quantitative estimate of drug-likeness (QED) is 0.846. The van der Waals surface area contributed by atoms with Gasteiger partial charge >= 0.3 is 0 Å². The second-order valence-electron chi connectivity index (χ2n) is 4.42. The Morgan fingerprint density at radius 3 is 2.28 bits per heavy atom. The zero-order valence-corrected chi connectivity index (χ0v) is 10.3. The molecule has 2 aromatic rings. The number of phenolic OH excluding ortho intramolecular Hbond substituents is 1. The fraction of sp³-hybridized carbons (Fsp3) is 0.250. The number of aryl methyl sites for hydroxylation is 2. The monoisotopic (exact) mass is 242 g/mol. The summed E-state index contributed by atoms with van der Waals surface area (Å²) in [6, 6.07) is 15.8. The second-order valence-corrected chi connectivity index (χ2v) is 4.42. The van der Waals surface area contributed by atoms with Gasteiger partial charge in [0.25, 0.3) is 0 Å². The Balaban J connectivity index is 2.06. The molecule has 0 aliphatic heterocycles. The van der Waals surface area contributed by atoms with Crippen molar-refractivity contribution in [2.75, 3.05) is 6.61 Å². The molecule has 18 heavy (non-hydrogen) atoms. The number of phenols is 1. The molecule has 0 aromatic heterocycles. The fourth-order valence-corrected chi connectivity index (χ4v) is 2.05. The third kappa shape index (κ3) is 3.34. The van der Waals surface area contributed by atoms with Gasteiger partial charge in [-0.3, -0.25) is 0 Å². The van der Waals surface area contributed by atoms with E-state index in [4.69, 9.17) is 5.11 Å². The van der Waals surface area contributed by atoms with Crippen molar-refractivity contribution in [3.05, 3.63) is 65.2 Å². The average molecular weight is 242 g/mol. The Labute approximate surface area is 108 Å². The first-order valence-electron chi connectivity index (χ1n) is 6.25. The Morgan fingerprint density at radius 2 is 1.56 bits per heavy atom. The van der Waals surface area contributed by atoms with E-state index in [-0.39, 0.29) is 6.61 Å². The molecule has 2 rings (SSSR count). The lowest BCUT2D eigenvalue weighted by molar-refractivity contribution is 0.299. The molecule has 0 aliphatic rings. The number of hydrogen-bond donors (Lipinski definition) is 2. The summed E-state index contributed by atoms with van der Waals surface area (Å²) in [6.45, 7) is 0.142. The maximum atomic E-state index is 9.82. The van der Waals surface area contributed by atoms with Crippen LogP contribution in [0.15, 0.2) is 48.5 Å². The van der Waals surface area contributed by atoms with Gasteiger partial charge in [-0.2, -0.15) is 0 Å². The molecule has 0 unspecified atom stereocenters. The zero-order chi connectivity index (χ0) is 12.8. The summed E-state index contributed by atoms with van der Waals surface area (Å²) in [4.78, 5) is 0. The van der Waals surface area contributed by atoms with E-state index >= 15 is 0 Å². The number of aromatic hydroxyl groups is 1. The van der Waals surface area contributed by atoms with Crippen LogP contribution in [0.4, 0.5) is 0 Å². The highest BCUT2D eigenvalue weighted by Crippen LogP contribution is 2.20. The van der Waals surface area contributed by atoms with E-state index in [0.29, 0.717) is 12.2 Å². The topological polar surface area (TPSA) is 40.5 Å². The first-order chi connectivity index (χ1) is 8.79. The van der Waals surface area contributed by atoms with Crippen LogP contribution in [-0.4, -0.2) is 16.8 Å². The van der Waals surface area contributed by atoms with Crippen LogP contribution in [0, 0.1) is 0 Å². The van der Waals surface area contributed by atoms with Crippen LogP contribution >= 0.6 is 0 Å². The standard InChI is InChI=1S/C16H18O2/c17-11-10-14-7-9-16(18)15(12-14)8-6-13-4-2-1-3-5-13/h1-5,7,9,12,17-18H,6,8,10-11H2. The van der Waals surface area contributed by atoms with Gasteiger partial charge in [0.1, 0.15) is 5.75 Å². The lowest BCUT2D eigenvalue weighted by Crippen LogP contribution is -1.95. The molecule has 2 aromatic carbocycles. The molecule has 2 N–H and O–H groups in total. The highest BCUT2D eigenvalue weighted by molar-refractivity contribution is 5.37. The van der Waals surface area contributed by atoms with E-state index in [2.05, 4.69) is 12.1 Å². The lowest BCUT2D eigenvalue weighted by Gasteiger charge is -2.07. The van der Waals surface area contributed by atoms with E-state index in [0.717, 1.165) is 24.0 Å². The number of benzene rings is 2. The summed E-state index contributed by atoms with van der Waals surface area (Å²) in [7, 11) is 0. The largest absolute Gasteiger partial charge is 0.508 e. The Kier molecular flexibility index (Phi) is 4.37. The molecule has 0 saturated heterocycles. The minimum atomic E-state index is 0.142. The summed E-state index contributed by atoms with van der Waals surface area (Å²) < 4.78 is 0. The fourth-order valence-electron chi connectivity index (χ4n) is 2.05. The molecule has 2 heteroatoms. The molecule has 0 aliphatic carbocycles. The summed E-state index contributed by atoms with van der Waals surface area (Å²) in [5.74, 6) is 0.340. The maximum Gasteiger partial charge on any atom is 0.118 e. The average Bonchev–Trinajstić information content (AvgIpc) is 2.41.